The maximum atomic E-state index is 13.0. The first kappa shape index (κ1) is 19.3. The van der Waals surface area contributed by atoms with Gasteiger partial charge in [0.2, 0.25) is 5.91 Å². The van der Waals surface area contributed by atoms with Gasteiger partial charge in [0, 0.05) is 38.0 Å². The Hall–Kier alpha value is -1.69. The van der Waals surface area contributed by atoms with Crippen molar-refractivity contribution in [2.24, 2.45) is 11.8 Å². The molecule has 4 aliphatic rings. The summed E-state index contributed by atoms with van der Waals surface area (Å²) in [6.07, 6.45) is 11.1. The summed E-state index contributed by atoms with van der Waals surface area (Å²) >= 11 is 0. The number of rotatable bonds is 3. The highest BCUT2D eigenvalue weighted by atomic mass is 16.2. The third kappa shape index (κ3) is 3.65. The molecule has 29 heavy (non-hydrogen) atoms. The predicted molar refractivity (Wildman–Crippen MR) is 111 cm³/mol. The van der Waals surface area contributed by atoms with Crippen LogP contribution in [0.3, 0.4) is 0 Å². The molecular formula is C23H34N4O2. The number of H-pyrrole nitrogens is 1. The summed E-state index contributed by atoms with van der Waals surface area (Å²) in [7, 11) is 0. The molecule has 158 valence electrons. The molecule has 6 nitrogen and oxygen atoms in total. The second-order valence-electron chi connectivity index (χ2n) is 9.83. The van der Waals surface area contributed by atoms with Gasteiger partial charge in [-0.25, -0.2) is 4.98 Å². The Bertz CT molecular complexity index is 823. The fraction of sp³-hybridized carbons (Fsp3) is 0.783. The molecule has 6 heteroatoms. The van der Waals surface area contributed by atoms with E-state index in [9.17, 15) is 9.59 Å². The number of carbonyl (C=O) groups excluding carboxylic acids is 1. The summed E-state index contributed by atoms with van der Waals surface area (Å²) in [4.78, 5) is 38.3. The van der Waals surface area contributed by atoms with E-state index in [0.717, 1.165) is 74.7 Å². The van der Waals surface area contributed by atoms with Crippen LogP contribution in [0.2, 0.25) is 0 Å². The number of aromatic nitrogens is 2. The molecule has 0 radical (unpaired) electrons. The minimum Gasteiger partial charge on any atom is -0.332 e. The third-order valence-corrected chi connectivity index (χ3v) is 7.92. The summed E-state index contributed by atoms with van der Waals surface area (Å²) in [6, 6.07) is 0.572. The zero-order chi connectivity index (χ0) is 20.0. The molecular weight excluding hydrogens is 364 g/mol. The molecule has 0 unspecified atom stereocenters. The van der Waals surface area contributed by atoms with Crippen molar-refractivity contribution in [3.63, 3.8) is 0 Å². The van der Waals surface area contributed by atoms with Crippen molar-refractivity contribution in [3.8, 4) is 0 Å². The molecule has 2 aliphatic carbocycles. The molecule has 5 rings (SSSR count). The van der Waals surface area contributed by atoms with Gasteiger partial charge in [-0.15, -0.1) is 0 Å². The van der Waals surface area contributed by atoms with Crippen LogP contribution in [0.15, 0.2) is 4.79 Å². The molecule has 2 saturated carbocycles. The van der Waals surface area contributed by atoms with E-state index in [1.54, 1.807) is 0 Å². The van der Waals surface area contributed by atoms with Crippen molar-refractivity contribution >= 4 is 5.91 Å². The van der Waals surface area contributed by atoms with Crippen LogP contribution in [0.4, 0.5) is 0 Å². The Morgan fingerprint density at radius 3 is 2.55 bits per heavy atom. The lowest BCUT2D eigenvalue weighted by molar-refractivity contribution is -0.139. The van der Waals surface area contributed by atoms with Gasteiger partial charge in [-0.1, -0.05) is 13.3 Å². The monoisotopic (exact) mass is 398 g/mol. The second kappa shape index (κ2) is 7.86. The van der Waals surface area contributed by atoms with E-state index in [-0.39, 0.29) is 23.4 Å². The first-order valence-electron chi connectivity index (χ1n) is 11.8. The Morgan fingerprint density at radius 2 is 1.83 bits per heavy atom. The van der Waals surface area contributed by atoms with E-state index in [1.165, 1.54) is 32.1 Å². The maximum Gasteiger partial charge on any atom is 0.255 e. The van der Waals surface area contributed by atoms with Gasteiger partial charge in [-0.3, -0.25) is 14.5 Å². The zero-order valence-corrected chi connectivity index (χ0v) is 17.7. The Kier molecular flexibility index (Phi) is 5.23. The number of aromatic amines is 1. The summed E-state index contributed by atoms with van der Waals surface area (Å²) in [5.41, 5.74) is 1.84. The highest BCUT2D eigenvalue weighted by Gasteiger charge is 2.38. The summed E-state index contributed by atoms with van der Waals surface area (Å²) in [5.74, 6) is 2.04. The van der Waals surface area contributed by atoms with Crippen molar-refractivity contribution in [3.05, 3.63) is 27.4 Å². The topological polar surface area (TPSA) is 69.3 Å². The smallest absolute Gasteiger partial charge is 0.255 e. The number of likely N-dealkylation sites (tertiary alicyclic amines) is 1. The molecule has 1 atom stereocenters. The van der Waals surface area contributed by atoms with Gasteiger partial charge in [0.1, 0.15) is 5.82 Å². The maximum absolute atomic E-state index is 13.0. The van der Waals surface area contributed by atoms with Crippen molar-refractivity contribution in [1.82, 2.24) is 19.8 Å². The van der Waals surface area contributed by atoms with E-state index in [2.05, 4.69) is 16.8 Å². The Morgan fingerprint density at radius 1 is 1.03 bits per heavy atom. The molecule has 3 fully saturated rings. The average molecular weight is 399 g/mol. The molecule has 1 aromatic rings. The number of hydrogen-bond acceptors (Lipinski definition) is 4. The van der Waals surface area contributed by atoms with Crippen molar-refractivity contribution < 1.29 is 4.79 Å². The van der Waals surface area contributed by atoms with E-state index >= 15 is 0 Å². The van der Waals surface area contributed by atoms with Gasteiger partial charge in [0.25, 0.3) is 5.56 Å². The van der Waals surface area contributed by atoms with Gasteiger partial charge in [0.05, 0.1) is 17.3 Å². The quantitative estimate of drug-likeness (QED) is 0.849. The first-order chi connectivity index (χ1) is 14.1. The van der Waals surface area contributed by atoms with Crippen LogP contribution in [0.1, 0.15) is 87.8 Å². The summed E-state index contributed by atoms with van der Waals surface area (Å²) in [5, 5.41) is 0. The standard InChI is InChI=1S/C23H34N4O2/c1-15-7-9-17(10-8-15)26-13-11-19-18(14-26)22(28)25-21(24-19)20-6-3-12-27(20)23(29)16-4-2-5-16/h15-17,20H,2-14H2,1H3,(H,24,25,28)/t15?,17?,20-/m1/s1. The van der Waals surface area contributed by atoms with Crippen LogP contribution in [0.25, 0.3) is 0 Å². The van der Waals surface area contributed by atoms with Crippen molar-refractivity contribution in [1.29, 1.82) is 0 Å². The van der Waals surface area contributed by atoms with Gasteiger partial charge in [0.15, 0.2) is 0 Å². The second-order valence-corrected chi connectivity index (χ2v) is 9.83. The molecule has 0 spiro atoms. The van der Waals surface area contributed by atoms with Crippen LogP contribution < -0.4 is 5.56 Å². The highest BCUT2D eigenvalue weighted by molar-refractivity contribution is 5.80. The van der Waals surface area contributed by atoms with Crippen molar-refractivity contribution in [2.45, 2.75) is 89.8 Å². The van der Waals surface area contributed by atoms with E-state index in [0.29, 0.717) is 6.04 Å². The number of carbonyl (C=O) groups is 1. The summed E-state index contributed by atoms with van der Waals surface area (Å²) in [6.45, 7) is 4.87. The van der Waals surface area contributed by atoms with Crippen LogP contribution in [-0.2, 0) is 17.8 Å². The Labute approximate surface area is 173 Å². The van der Waals surface area contributed by atoms with Gasteiger partial charge < -0.3 is 9.88 Å². The van der Waals surface area contributed by atoms with Crippen molar-refractivity contribution in [2.75, 3.05) is 13.1 Å². The number of nitrogens with one attached hydrogen (secondary N) is 1. The molecule has 2 aliphatic heterocycles. The van der Waals surface area contributed by atoms with Crippen LogP contribution in [0, 0.1) is 11.8 Å². The SMILES string of the molecule is CC1CCC(N2CCc3nc([C@H]4CCCN4C(=O)C4CCC4)[nH]c(=O)c3C2)CC1. The molecule has 3 heterocycles. The lowest BCUT2D eigenvalue weighted by atomic mass is 9.84. The molecule has 1 amide bonds. The first-order valence-corrected chi connectivity index (χ1v) is 11.8. The highest BCUT2D eigenvalue weighted by Crippen LogP contribution is 2.36. The molecule has 1 saturated heterocycles. The minimum absolute atomic E-state index is 0.0156. The minimum atomic E-state index is -0.0426. The van der Waals surface area contributed by atoms with Gasteiger partial charge in [-0.2, -0.15) is 0 Å². The fourth-order valence-corrected chi connectivity index (χ4v) is 5.75. The predicted octanol–water partition coefficient (Wildman–Crippen LogP) is 3.17. The van der Waals surface area contributed by atoms with E-state index in [4.69, 9.17) is 4.98 Å². The number of hydrogen-bond donors (Lipinski definition) is 1. The van der Waals surface area contributed by atoms with Gasteiger partial charge in [-0.05, 0) is 57.3 Å². The van der Waals surface area contributed by atoms with Gasteiger partial charge >= 0.3 is 0 Å². The van der Waals surface area contributed by atoms with Crippen LogP contribution >= 0.6 is 0 Å². The third-order valence-electron chi connectivity index (χ3n) is 7.92. The summed E-state index contributed by atoms with van der Waals surface area (Å²) < 4.78 is 0. The van der Waals surface area contributed by atoms with E-state index < -0.39 is 0 Å². The molecule has 0 bridgehead atoms. The van der Waals surface area contributed by atoms with E-state index in [1.807, 2.05) is 4.90 Å². The number of amides is 1. The normalized spacial score (nSPS) is 30.8. The largest absolute Gasteiger partial charge is 0.332 e. The van der Waals surface area contributed by atoms with Crippen LogP contribution in [-0.4, -0.2) is 44.8 Å². The molecule has 1 aromatic heterocycles. The Balaban J connectivity index is 1.33. The molecule has 1 N–H and O–H groups in total. The lowest BCUT2D eigenvalue weighted by Gasteiger charge is -2.38. The molecule has 0 aromatic carbocycles. The average Bonchev–Trinajstić information content (AvgIpc) is 3.17. The lowest BCUT2D eigenvalue weighted by Crippen LogP contribution is -2.44. The number of nitrogens with zero attached hydrogens (tertiary/aromatic N) is 3. The number of fused-ring (bicyclic) bond motifs is 1. The zero-order valence-electron chi connectivity index (χ0n) is 17.7. The van der Waals surface area contributed by atoms with Crippen LogP contribution in [0.5, 0.6) is 0 Å². The fourth-order valence-electron chi connectivity index (χ4n) is 5.75.